The normalized spacial score (nSPS) is 12.8. The summed E-state index contributed by atoms with van der Waals surface area (Å²) in [5.74, 6) is -1.19. The van der Waals surface area contributed by atoms with Crippen molar-refractivity contribution in [1.29, 1.82) is 0 Å². The van der Waals surface area contributed by atoms with Gasteiger partial charge < -0.3 is 25.4 Å². The van der Waals surface area contributed by atoms with Crippen molar-refractivity contribution in [3.05, 3.63) is 76.3 Å². The van der Waals surface area contributed by atoms with E-state index in [0.29, 0.717) is 16.3 Å². The molecule has 0 aliphatic rings. The van der Waals surface area contributed by atoms with E-state index >= 15 is 0 Å². The minimum Gasteiger partial charge on any atom is -0.444 e. The van der Waals surface area contributed by atoms with E-state index in [9.17, 15) is 19.5 Å². The molecule has 0 saturated carbocycles. The molecule has 9 heteroatoms. The number of anilines is 1. The third kappa shape index (κ3) is 8.06. The molecule has 0 aliphatic carbocycles. The smallest absolute Gasteiger partial charge is 0.408 e. The van der Waals surface area contributed by atoms with Crippen molar-refractivity contribution in [3.63, 3.8) is 0 Å². The van der Waals surface area contributed by atoms with E-state index < -0.39 is 42.2 Å². The van der Waals surface area contributed by atoms with Crippen LogP contribution in [0.4, 0.5) is 10.5 Å². The summed E-state index contributed by atoms with van der Waals surface area (Å²) in [7, 11) is 0. The Morgan fingerprint density at radius 2 is 1.78 bits per heavy atom. The molecular formula is C28H36ClN3O5. The zero-order chi connectivity index (χ0) is 27.9. The summed E-state index contributed by atoms with van der Waals surface area (Å²) in [6, 6.07) is 8.25. The van der Waals surface area contributed by atoms with Crippen molar-refractivity contribution < 1.29 is 24.2 Å². The molecule has 0 aliphatic heterocycles. The maximum absolute atomic E-state index is 13.8. The van der Waals surface area contributed by atoms with Crippen LogP contribution in [0.1, 0.15) is 49.1 Å². The molecule has 2 aromatic rings. The molecule has 0 saturated heterocycles. The lowest BCUT2D eigenvalue weighted by Gasteiger charge is -2.33. The minimum absolute atomic E-state index is 0.0299. The molecule has 0 bridgehead atoms. The maximum Gasteiger partial charge on any atom is 0.408 e. The third-order valence-corrected chi connectivity index (χ3v) is 5.97. The van der Waals surface area contributed by atoms with E-state index in [4.69, 9.17) is 16.3 Å². The fourth-order valence-corrected chi connectivity index (χ4v) is 3.96. The average Bonchev–Trinajstić information content (AvgIpc) is 2.80. The molecule has 2 rings (SSSR count). The predicted octanol–water partition coefficient (Wildman–Crippen LogP) is 4.85. The number of aryl methyl sites for hydroxylation is 3. The lowest BCUT2D eigenvalue weighted by molar-refractivity contribution is -0.140. The van der Waals surface area contributed by atoms with Gasteiger partial charge in [0.2, 0.25) is 5.91 Å². The molecule has 8 nitrogen and oxygen atoms in total. The van der Waals surface area contributed by atoms with Gasteiger partial charge in [0.15, 0.2) is 0 Å². The number of ether oxygens (including phenoxy) is 1. The Bertz CT molecular complexity index is 1140. The highest BCUT2D eigenvalue weighted by Gasteiger charge is 2.36. The van der Waals surface area contributed by atoms with Gasteiger partial charge in [0.1, 0.15) is 17.7 Å². The van der Waals surface area contributed by atoms with Crippen molar-refractivity contribution in [2.24, 2.45) is 0 Å². The number of benzene rings is 2. The fraction of sp³-hybridized carbons (Fsp3) is 0.393. The van der Waals surface area contributed by atoms with Crippen LogP contribution < -0.4 is 10.6 Å². The molecule has 3 amide bonds. The summed E-state index contributed by atoms with van der Waals surface area (Å²) in [6.07, 6.45) is 0.611. The first-order valence-electron chi connectivity index (χ1n) is 11.9. The van der Waals surface area contributed by atoms with Crippen molar-refractivity contribution in [3.8, 4) is 0 Å². The van der Waals surface area contributed by atoms with Gasteiger partial charge in [-0.3, -0.25) is 9.59 Å². The summed E-state index contributed by atoms with van der Waals surface area (Å²) < 4.78 is 5.24. The Labute approximate surface area is 223 Å². The van der Waals surface area contributed by atoms with Crippen LogP contribution in [-0.2, 0) is 14.3 Å². The number of carbonyl (C=O) groups is 3. The molecule has 2 aromatic carbocycles. The number of hydrogen-bond donors (Lipinski definition) is 3. The number of alkyl carbamates (subject to hydrolysis) is 1. The largest absolute Gasteiger partial charge is 0.444 e. The summed E-state index contributed by atoms with van der Waals surface area (Å²) >= 11 is 6.35. The van der Waals surface area contributed by atoms with E-state index in [-0.39, 0.29) is 6.54 Å². The van der Waals surface area contributed by atoms with E-state index in [0.717, 1.165) is 16.7 Å². The number of nitrogens with one attached hydrogen (secondary N) is 2. The molecule has 37 heavy (non-hydrogen) atoms. The molecule has 0 aromatic heterocycles. The average molecular weight is 530 g/mol. The van der Waals surface area contributed by atoms with Gasteiger partial charge >= 0.3 is 6.09 Å². The second-order valence-electron chi connectivity index (χ2n) is 9.83. The van der Waals surface area contributed by atoms with Crippen LogP contribution >= 0.6 is 11.6 Å². The summed E-state index contributed by atoms with van der Waals surface area (Å²) in [5.41, 5.74) is 2.88. The molecule has 0 radical (unpaired) electrons. The molecule has 0 heterocycles. The number of rotatable bonds is 9. The minimum atomic E-state index is -1.35. The van der Waals surface area contributed by atoms with Crippen LogP contribution in [0.2, 0.25) is 5.02 Å². The molecular weight excluding hydrogens is 494 g/mol. The van der Waals surface area contributed by atoms with Gasteiger partial charge in [-0.2, -0.15) is 0 Å². The van der Waals surface area contributed by atoms with Crippen LogP contribution in [0.5, 0.6) is 0 Å². The molecule has 200 valence electrons. The Hall–Kier alpha value is -3.36. The van der Waals surface area contributed by atoms with Crippen LogP contribution in [-0.4, -0.2) is 52.7 Å². The maximum atomic E-state index is 13.8. The molecule has 0 spiro atoms. The number of aliphatic hydroxyl groups excluding tert-OH is 1. The summed E-state index contributed by atoms with van der Waals surface area (Å²) in [5, 5.41) is 15.6. The van der Waals surface area contributed by atoms with Crippen molar-refractivity contribution in [2.75, 3.05) is 18.5 Å². The number of aliphatic hydroxyl groups is 1. The second-order valence-corrected chi connectivity index (χ2v) is 10.2. The zero-order valence-corrected chi connectivity index (χ0v) is 23.0. The molecule has 0 fully saturated rings. The number of amides is 3. The molecule has 3 N–H and O–H groups in total. The Kier molecular flexibility index (Phi) is 10.3. The van der Waals surface area contributed by atoms with Gasteiger partial charge in [0.05, 0.1) is 17.3 Å². The quantitative estimate of drug-likeness (QED) is 0.403. The van der Waals surface area contributed by atoms with E-state index in [1.165, 1.54) is 11.0 Å². The van der Waals surface area contributed by atoms with Gasteiger partial charge in [0, 0.05) is 6.54 Å². The van der Waals surface area contributed by atoms with Crippen LogP contribution in [0.15, 0.2) is 49.1 Å². The van der Waals surface area contributed by atoms with Crippen molar-refractivity contribution >= 4 is 35.2 Å². The number of hydrogen-bond acceptors (Lipinski definition) is 5. The topological polar surface area (TPSA) is 108 Å². The van der Waals surface area contributed by atoms with Crippen LogP contribution in [0, 0.1) is 20.8 Å². The SMILES string of the molecule is C=CCN(C(=O)C(CO)NC(=O)OC(C)(C)C)C(C(=O)Nc1c(C)cccc1Cl)c1ccc(C)c(C)c1. The number of para-hydroxylation sites is 1. The number of halogens is 1. The van der Waals surface area contributed by atoms with Crippen molar-refractivity contribution in [1.82, 2.24) is 10.2 Å². The highest BCUT2D eigenvalue weighted by Crippen LogP contribution is 2.30. The monoisotopic (exact) mass is 529 g/mol. The number of nitrogens with zero attached hydrogens (tertiary/aromatic N) is 1. The number of carbonyl (C=O) groups excluding carboxylic acids is 3. The molecule has 2 unspecified atom stereocenters. The van der Waals surface area contributed by atoms with Gasteiger partial charge in [-0.1, -0.05) is 48.0 Å². The van der Waals surface area contributed by atoms with Gasteiger partial charge in [-0.25, -0.2) is 4.79 Å². The predicted molar refractivity (Wildman–Crippen MR) is 146 cm³/mol. The van der Waals surface area contributed by atoms with Crippen molar-refractivity contribution in [2.45, 2.75) is 59.2 Å². The first-order chi connectivity index (χ1) is 17.3. The van der Waals surface area contributed by atoms with E-state index in [2.05, 4.69) is 17.2 Å². The highest BCUT2D eigenvalue weighted by atomic mass is 35.5. The highest BCUT2D eigenvalue weighted by molar-refractivity contribution is 6.34. The van der Waals surface area contributed by atoms with Crippen LogP contribution in [0.25, 0.3) is 0 Å². The van der Waals surface area contributed by atoms with E-state index in [1.54, 1.807) is 39.0 Å². The molecule has 2 atom stereocenters. The first kappa shape index (κ1) is 29.9. The first-order valence-corrected chi connectivity index (χ1v) is 12.3. The Morgan fingerprint density at radius 3 is 2.32 bits per heavy atom. The summed E-state index contributed by atoms with van der Waals surface area (Å²) in [4.78, 5) is 41.1. The summed E-state index contributed by atoms with van der Waals surface area (Å²) in [6.45, 7) is 13.7. The standard InChI is InChI=1S/C28H36ClN3O5/c1-8-14-32(26(35)22(16-33)30-27(36)37-28(5,6)7)24(20-13-12-17(2)19(4)15-20)25(34)31-23-18(3)10-9-11-21(23)29/h8-13,15,22,24,33H,1,14,16H2,2-7H3,(H,30,36)(H,31,34). The Morgan fingerprint density at radius 1 is 1.11 bits per heavy atom. The Balaban J connectivity index is 2.53. The second kappa shape index (κ2) is 12.7. The fourth-order valence-electron chi connectivity index (χ4n) is 3.69. The zero-order valence-electron chi connectivity index (χ0n) is 22.2. The van der Waals surface area contributed by atoms with Gasteiger partial charge in [-0.05, 0) is 69.9 Å². The van der Waals surface area contributed by atoms with E-state index in [1.807, 2.05) is 39.0 Å². The lowest BCUT2D eigenvalue weighted by Crippen LogP contribution is -2.53. The van der Waals surface area contributed by atoms with Gasteiger partial charge in [0.25, 0.3) is 5.91 Å². The van der Waals surface area contributed by atoms with Crippen LogP contribution in [0.3, 0.4) is 0 Å². The lowest BCUT2D eigenvalue weighted by atomic mass is 9.98. The third-order valence-electron chi connectivity index (χ3n) is 5.66. The van der Waals surface area contributed by atoms with Gasteiger partial charge in [-0.15, -0.1) is 6.58 Å².